The first-order valence-corrected chi connectivity index (χ1v) is 5.89. The molecule has 4 nitrogen and oxygen atoms in total. The van der Waals surface area contributed by atoms with Crippen LogP contribution in [-0.4, -0.2) is 28.8 Å². The predicted molar refractivity (Wildman–Crippen MR) is 65.7 cm³/mol. The van der Waals surface area contributed by atoms with Crippen LogP contribution >= 0.6 is 0 Å². The zero-order valence-corrected chi connectivity index (χ0v) is 9.66. The summed E-state index contributed by atoms with van der Waals surface area (Å²) in [5.74, 6) is 1.69. The average Bonchev–Trinajstić information content (AvgIpc) is 2.25. The van der Waals surface area contributed by atoms with Crippen LogP contribution in [-0.2, 0) is 0 Å². The minimum atomic E-state index is -0.504. The molecule has 0 spiro atoms. The summed E-state index contributed by atoms with van der Waals surface area (Å²) in [6.07, 6.45) is 2.92. The van der Waals surface area contributed by atoms with E-state index in [4.69, 9.17) is 0 Å². The van der Waals surface area contributed by atoms with Gasteiger partial charge < -0.3 is 15.7 Å². The Morgan fingerprint density at radius 1 is 1.31 bits per heavy atom. The molecular formula is C12H19N3O. The Bertz CT molecular complexity index is 350. The molecule has 1 aromatic rings. The van der Waals surface area contributed by atoms with Crippen LogP contribution in [0.3, 0.4) is 0 Å². The predicted octanol–water partition coefficient (Wildman–Crippen LogP) is 1.84. The summed E-state index contributed by atoms with van der Waals surface area (Å²) in [4.78, 5) is 4.39. The van der Waals surface area contributed by atoms with Gasteiger partial charge in [-0.15, -0.1) is 0 Å². The SMILES string of the molecule is CCNc1cccc(NCC2(O)CCC2)n1. The zero-order chi connectivity index (χ0) is 11.4. The van der Waals surface area contributed by atoms with Gasteiger partial charge in [0.15, 0.2) is 0 Å². The van der Waals surface area contributed by atoms with Crippen LogP contribution in [0.15, 0.2) is 18.2 Å². The van der Waals surface area contributed by atoms with Gasteiger partial charge in [-0.25, -0.2) is 4.98 Å². The third kappa shape index (κ3) is 2.64. The summed E-state index contributed by atoms with van der Waals surface area (Å²) < 4.78 is 0. The molecule has 4 heteroatoms. The van der Waals surface area contributed by atoms with Crippen molar-refractivity contribution in [2.24, 2.45) is 0 Å². The highest BCUT2D eigenvalue weighted by atomic mass is 16.3. The van der Waals surface area contributed by atoms with Crippen molar-refractivity contribution in [2.75, 3.05) is 23.7 Å². The Morgan fingerprint density at radius 3 is 2.56 bits per heavy atom. The number of nitrogens with one attached hydrogen (secondary N) is 2. The first-order chi connectivity index (χ1) is 7.72. The number of hydrogen-bond acceptors (Lipinski definition) is 4. The van der Waals surface area contributed by atoms with E-state index in [-0.39, 0.29) is 0 Å². The molecule has 0 aliphatic heterocycles. The maximum Gasteiger partial charge on any atom is 0.128 e. The van der Waals surface area contributed by atoms with Crippen LogP contribution < -0.4 is 10.6 Å². The molecule has 0 aromatic carbocycles. The van der Waals surface area contributed by atoms with Crippen molar-refractivity contribution in [1.82, 2.24) is 4.98 Å². The highest BCUT2D eigenvalue weighted by Gasteiger charge is 2.33. The highest BCUT2D eigenvalue weighted by Crippen LogP contribution is 2.31. The van der Waals surface area contributed by atoms with Gasteiger partial charge >= 0.3 is 0 Å². The standard InChI is InChI=1S/C12H19N3O/c1-2-13-10-5-3-6-11(15-10)14-9-12(16)7-4-8-12/h3,5-6,16H,2,4,7-9H2,1H3,(H2,13,14,15). The topological polar surface area (TPSA) is 57.2 Å². The fraction of sp³-hybridized carbons (Fsp3) is 0.583. The second kappa shape index (κ2) is 4.70. The molecule has 3 N–H and O–H groups in total. The second-order valence-corrected chi connectivity index (χ2v) is 4.37. The Morgan fingerprint density at radius 2 is 2.00 bits per heavy atom. The van der Waals surface area contributed by atoms with Crippen LogP contribution in [0.5, 0.6) is 0 Å². The van der Waals surface area contributed by atoms with E-state index < -0.39 is 5.60 Å². The summed E-state index contributed by atoms with van der Waals surface area (Å²) >= 11 is 0. The maximum atomic E-state index is 9.94. The molecule has 1 aliphatic carbocycles. The van der Waals surface area contributed by atoms with Gasteiger partial charge in [-0.3, -0.25) is 0 Å². The molecule has 16 heavy (non-hydrogen) atoms. The van der Waals surface area contributed by atoms with E-state index in [1.165, 1.54) is 0 Å². The van der Waals surface area contributed by atoms with Crippen molar-refractivity contribution in [3.8, 4) is 0 Å². The molecule has 88 valence electrons. The first-order valence-electron chi connectivity index (χ1n) is 5.89. The molecule has 0 radical (unpaired) electrons. The lowest BCUT2D eigenvalue weighted by molar-refractivity contribution is -0.0202. The average molecular weight is 221 g/mol. The molecule has 1 aliphatic rings. The summed E-state index contributed by atoms with van der Waals surface area (Å²) in [6, 6.07) is 5.81. The number of nitrogens with zero attached hydrogens (tertiary/aromatic N) is 1. The van der Waals surface area contributed by atoms with Crippen molar-refractivity contribution >= 4 is 11.6 Å². The molecule has 0 bridgehead atoms. The Hall–Kier alpha value is -1.29. The fourth-order valence-electron chi connectivity index (χ4n) is 1.83. The van der Waals surface area contributed by atoms with Gasteiger partial charge in [-0.2, -0.15) is 0 Å². The number of anilines is 2. The van der Waals surface area contributed by atoms with Crippen molar-refractivity contribution in [2.45, 2.75) is 31.8 Å². The molecule has 1 fully saturated rings. The Balaban J connectivity index is 1.90. The lowest BCUT2D eigenvalue weighted by atomic mass is 9.80. The lowest BCUT2D eigenvalue weighted by Gasteiger charge is -2.36. The second-order valence-electron chi connectivity index (χ2n) is 4.37. The van der Waals surface area contributed by atoms with Gasteiger partial charge in [0.1, 0.15) is 11.6 Å². The van der Waals surface area contributed by atoms with E-state index in [0.717, 1.165) is 37.4 Å². The zero-order valence-electron chi connectivity index (χ0n) is 9.66. The van der Waals surface area contributed by atoms with Crippen LogP contribution in [0, 0.1) is 0 Å². The van der Waals surface area contributed by atoms with Crippen LogP contribution in [0.4, 0.5) is 11.6 Å². The van der Waals surface area contributed by atoms with Crippen molar-refractivity contribution in [3.63, 3.8) is 0 Å². The lowest BCUT2D eigenvalue weighted by Crippen LogP contribution is -2.43. The van der Waals surface area contributed by atoms with E-state index in [0.29, 0.717) is 6.54 Å². The van der Waals surface area contributed by atoms with Gasteiger partial charge in [0.05, 0.1) is 5.60 Å². The van der Waals surface area contributed by atoms with Gasteiger partial charge in [0.25, 0.3) is 0 Å². The van der Waals surface area contributed by atoms with Crippen LogP contribution in [0.2, 0.25) is 0 Å². The van der Waals surface area contributed by atoms with Crippen molar-refractivity contribution < 1.29 is 5.11 Å². The third-order valence-electron chi connectivity index (χ3n) is 2.99. The molecule has 1 saturated carbocycles. The number of aromatic nitrogens is 1. The number of pyridine rings is 1. The number of aliphatic hydroxyl groups is 1. The molecular weight excluding hydrogens is 202 g/mol. The van der Waals surface area contributed by atoms with Gasteiger partial charge in [0.2, 0.25) is 0 Å². The molecule has 1 aromatic heterocycles. The molecule has 0 amide bonds. The monoisotopic (exact) mass is 221 g/mol. The highest BCUT2D eigenvalue weighted by molar-refractivity contribution is 5.45. The Kier molecular flexibility index (Phi) is 3.29. The third-order valence-corrected chi connectivity index (χ3v) is 2.99. The summed E-state index contributed by atoms with van der Waals surface area (Å²) in [5, 5.41) is 16.3. The van der Waals surface area contributed by atoms with E-state index in [1.807, 2.05) is 25.1 Å². The van der Waals surface area contributed by atoms with Crippen molar-refractivity contribution in [1.29, 1.82) is 0 Å². The molecule has 2 rings (SSSR count). The molecule has 1 heterocycles. The molecule has 0 unspecified atom stereocenters. The minimum Gasteiger partial charge on any atom is -0.388 e. The van der Waals surface area contributed by atoms with E-state index in [2.05, 4.69) is 15.6 Å². The van der Waals surface area contributed by atoms with Crippen molar-refractivity contribution in [3.05, 3.63) is 18.2 Å². The normalized spacial score (nSPS) is 17.6. The van der Waals surface area contributed by atoms with E-state index in [9.17, 15) is 5.11 Å². The van der Waals surface area contributed by atoms with Gasteiger partial charge in [-0.1, -0.05) is 6.07 Å². The number of rotatable bonds is 5. The minimum absolute atomic E-state index is 0.504. The van der Waals surface area contributed by atoms with E-state index >= 15 is 0 Å². The molecule has 0 saturated heterocycles. The van der Waals surface area contributed by atoms with E-state index in [1.54, 1.807) is 0 Å². The van der Waals surface area contributed by atoms with Gasteiger partial charge in [0, 0.05) is 13.1 Å². The number of hydrogen-bond donors (Lipinski definition) is 3. The largest absolute Gasteiger partial charge is 0.388 e. The smallest absolute Gasteiger partial charge is 0.128 e. The summed E-state index contributed by atoms with van der Waals surface area (Å²) in [5.41, 5.74) is -0.504. The maximum absolute atomic E-state index is 9.94. The first kappa shape index (κ1) is 11.2. The quantitative estimate of drug-likeness (QED) is 0.710. The Labute approximate surface area is 96.1 Å². The van der Waals surface area contributed by atoms with Gasteiger partial charge in [-0.05, 0) is 38.3 Å². The molecule has 0 atom stereocenters. The summed E-state index contributed by atoms with van der Waals surface area (Å²) in [6.45, 7) is 3.49. The van der Waals surface area contributed by atoms with Crippen LogP contribution in [0.25, 0.3) is 0 Å². The fourth-order valence-corrected chi connectivity index (χ4v) is 1.83. The summed E-state index contributed by atoms with van der Waals surface area (Å²) in [7, 11) is 0. The van der Waals surface area contributed by atoms with Crippen LogP contribution in [0.1, 0.15) is 26.2 Å².